The van der Waals surface area contributed by atoms with Crippen molar-refractivity contribution < 1.29 is 4.74 Å². The van der Waals surface area contributed by atoms with E-state index in [2.05, 4.69) is 35.8 Å². The van der Waals surface area contributed by atoms with E-state index in [9.17, 15) is 0 Å². The second kappa shape index (κ2) is 14.6. The Labute approximate surface area is 172 Å². The van der Waals surface area contributed by atoms with E-state index in [1.54, 1.807) is 7.11 Å². The number of hydrogen-bond donors (Lipinski definition) is 0. The summed E-state index contributed by atoms with van der Waals surface area (Å²) in [6, 6.07) is 8.42. The van der Waals surface area contributed by atoms with E-state index >= 15 is 0 Å². The number of para-hydroxylation sites is 2. The van der Waals surface area contributed by atoms with Gasteiger partial charge in [0.15, 0.2) is 0 Å². The van der Waals surface area contributed by atoms with E-state index in [1.165, 1.54) is 95.4 Å². The van der Waals surface area contributed by atoms with Crippen molar-refractivity contribution in [2.75, 3.05) is 7.11 Å². The number of benzene rings is 1. The number of hydrogen-bond acceptors (Lipinski definition) is 2. The zero-order valence-electron chi connectivity index (χ0n) is 18.4. The van der Waals surface area contributed by atoms with Crippen LogP contribution in [0, 0.1) is 0 Å². The van der Waals surface area contributed by atoms with E-state index in [0.29, 0.717) is 6.61 Å². The number of fused-ring (bicyclic) bond motifs is 1. The van der Waals surface area contributed by atoms with Crippen LogP contribution in [-0.4, -0.2) is 16.7 Å². The first-order chi connectivity index (χ1) is 13.9. The molecule has 0 spiro atoms. The van der Waals surface area contributed by atoms with Gasteiger partial charge in [0.25, 0.3) is 0 Å². The van der Waals surface area contributed by atoms with Gasteiger partial charge in [-0.3, -0.25) is 0 Å². The summed E-state index contributed by atoms with van der Waals surface area (Å²) < 4.78 is 7.69. The van der Waals surface area contributed by atoms with Gasteiger partial charge in [-0.05, 0) is 18.6 Å². The molecule has 0 atom stereocenters. The van der Waals surface area contributed by atoms with E-state index < -0.39 is 0 Å². The minimum absolute atomic E-state index is 0.591. The quantitative estimate of drug-likeness (QED) is 0.261. The van der Waals surface area contributed by atoms with Gasteiger partial charge < -0.3 is 9.30 Å². The van der Waals surface area contributed by atoms with Crippen molar-refractivity contribution in [1.82, 2.24) is 9.55 Å². The van der Waals surface area contributed by atoms with Gasteiger partial charge in [0.05, 0.1) is 11.0 Å². The number of unbranched alkanes of at least 4 members (excludes halogenated alkanes) is 13. The molecule has 28 heavy (non-hydrogen) atoms. The highest BCUT2D eigenvalue weighted by Gasteiger charge is 2.09. The molecule has 0 amide bonds. The highest BCUT2D eigenvalue weighted by atomic mass is 16.5. The van der Waals surface area contributed by atoms with Crippen molar-refractivity contribution in [3.8, 4) is 0 Å². The first-order valence-electron chi connectivity index (χ1n) is 11.8. The molecule has 2 rings (SSSR count). The van der Waals surface area contributed by atoms with Gasteiger partial charge >= 0.3 is 0 Å². The second-order valence-corrected chi connectivity index (χ2v) is 8.20. The van der Waals surface area contributed by atoms with Crippen LogP contribution in [0.15, 0.2) is 24.3 Å². The van der Waals surface area contributed by atoms with E-state index in [-0.39, 0.29) is 0 Å². The Kier molecular flexibility index (Phi) is 12.0. The molecule has 0 fully saturated rings. The van der Waals surface area contributed by atoms with Crippen LogP contribution < -0.4 is 0 Å². The van der Waals surface area contributed by atoms with Crippen LogP contribution >= 0.6 is 0 Å². The molecule has 0 N–H and O–H groups in total. The molecule has 0 bridgehead atoms. The lowest BCUT2D eigenvalue weighted by atomic mass is 10.0. The fourth-order valence-corrected chi connectivity index (χ4v) is 4.08. The molecule has 2 aromatic rings. The molecule has 0 aliphatic rings. The molecule has 0 aliphatic carbocycles. The molecule has 1 aromatic heterocycles. The van der Waals surface area contributed by atoms with Crippen molar-refractivity contribution in [1.29, 1.82) is 0 Å². The number of aromatic nitrogens is 2. The van der Waals surface area contributed by atoms with Crippen LogP contribution in [0.5, 0.6) is 0 Å². The fraction of sp³-hybridized carbons (Fsp3) is 0.720. The second-order valence-electron chi connectivity index (χ2n) is 8.20. The first kappa shape index (κ1) is 22.9. The van der Waals surface area contributed by atoms with Crippen molar-refractivity contribution in [2.24, 2.45) is 0 Å². The normalized spacial score (nSPS) is 11.5. The van der Waals surface area contributed by atoms with E-state index in [1.807, 2.05) is 0 Å². The van der Waals surface area contributed by atoms with Crippen LogP contribution in [-0.2, 0) is 17.9 Å². The van der Waals surface area contributed by atoms with Gasteiger partial charge in [0, 0.05) is 13.7 Å². The predicted molar refractivity (Wildman–Crippen MR) is 121 cm³/mol. The fourth-order valence-electron chi connectivity index (χ4n) is 4.08. The maximum absolute atomic E-state index is 5.34. The molecule has 0 saturated carbocycles. The molecule has 0 unspecified atom stereocenters. The summed E-state index contributed by atoms with van der Waals surface area (Å²) in [6.45, 7) is 3.93. The molecule has 158 valence electrons. The minimum Gasteiger partial charge on any atom is -0.377 e. The SMILES string of the molecule is CCCCCCCCCCCCCCCCn1c(COC)nc2ccccc21. The predicted octanol–water partition coefficient (Wildman–Crippen LogP) is 7.66. The minimum atomic E-state index is 0.591. The molecule has 1 heterocycles. The van der Waals surface area contributed by atoms with Crippen LogP contribution in [0.1, 0.15) is 103 Å². The zero-order chi connectivity index (χ0) is 19.9. The number of imidazole rings is 1. The maximum Gasteiger partial charge on any atom is 0.135 e. The number of aryl methyl sites for hydroxylation is 1. The average Bonchev–Trinajstić information content (AvgIpc) is 3.06. The summed E-state index contributed by atoms with van der Waals surface area (Å²) in [5.41, 5.74) is 2.32. The van der Waals surface area contributed by atoms with Gasteiger partial charge in [-0.1, -0.05) is 103 Å². The van der Waals surface area contributed by atoms with Crippen molar-refractivity contribution in [3.05, 3.63) is 30.1 Å². The lowest BCUT2D eigenvalue weighted by Gasteiger charge is -2.09. The molecular formula is C25H42N2O. The summed E-state index contributed by atoms with van der Waals surface area (Å²) in [6.07, 6.45) is 19.6. The molecular weight excluding hydrogens is 344 g/mol. The van der Waals surface area contributed by atoms with Gasteiger partial charge in [-0.15, -0.1) is 0 Å². The van der Waals surface area contributed by atoms with E-state index in [4.69, 9.17) is 9.72 Å². The van der Waals surface area contributed by atoms with Gasteiger partial charge in [-0.2, -0.15) is 0 Å². The molecule has 3 nitrogen and oxygen atoms in total. The standard InChI is InChI=1S/C25H42N2O/c1-3-4-5-6-7-8-9-10-11-12-13-14-15-18-21-27-24-20-17-16-19-23(24)26-25(27)22-28-2/h16-17,19-20H,3-15,18,21-22H2,1-2H3. The third-order valence-electron chi connectivity index (χ3n) is 5.74. The maximum atomic E-state index is 5.34. The number of nitrogens with zero attached hydrogens (tertiary/aromatic N) is 2. The Hall–Kier alpha value is -1.35. The smallest absolute Gasteiger partial charge is 0.135 e. The molecule has 0 aliphatic heterocycles. The van der Waals surface area contributed by atoms with E-state index in [0.717, 1.165) is 17.9 Å². The molecule has 1 aromatic carbocycles. The largest absolute Gasteiger partial charge is 0.377 e. The lowest BCUT2D eigenvalue weighted by Crippen LogP contribution is -2.05. The first-order valence-corrected chi connectivity index (χ1v) is 11.8. The topological polar surface area (TPSA) is 27.1 Å². The van der Waals surface area contributed by atoms with Gasteiger partial charge in [0.2, 0.25) is 0 Å². The Morgan fingerprint density at radius 2 is 1.29 bits per heavy atom. The molecule has 0 saturated heterocycles. The Bertz CT molecular complexity index is 635. The summed E-state index contributed by atoms with van der Waals surface area (Å²) in [7, 11) is 1.75. The molecule has 3 heteroatoms. The molecule has 0 radical (unpaired) electrons. The summed E-state index contributed by atoms with van der Waals surface area (Å²) in [5, 5.41) is 0. The van der Waals surface area contributed by atoms with Gasteiger partial charge in [-0.25, -0.2) is 4.98 Å². The van der Waals surface area contributed by atoms with Crippen molar-refractivity contribution in [3.63, 3.8) is 0 Å². The Morgan fingerprint density at radius 3 is 1.86 bits per heavy atom. The van der Waals surface area contributed by atoms with Crippen molar-refractivity contribution >= 4 is 11.0 Å². The van der Waals surface area contributed by atoms with Crippen LogP contribution in [0.25, 0.3) is 11.0 Å². The summed E-state index contributed by atoms with van der Waals surface area (Å²) in [4.78, 5) is 4.72. The van der Waals surface area contributed by atoms with Crippen LogP contribution in [0.2, 0.25) is 0 Å². The highest BCUT2D eigenvalue weighted by Crippen LogP contribution is 2.18. The number of methoxy groups -OCH3 is 1. The number of ether oxygens (including phenoxy) is 1. The lowest BCUT2D eigenvalue weighted by molar-refractivity contribution is 0.174. The monoisotopic (exact) mass is 386 g/mol. The zero-order valence-corrected chi connectivity index (χ0v) is 18.4. The van der Waals surface area contributed by atoms with Crippen LogP contribution in [0.3, 0.4) is 0 Å². The van der Waals surface area contributed by atoms with Crippen molar-refractivity contribution in [2.45, 2.75) is 110 Å². The summed E-state index contributed by atoms with van der Waals surface area (Å²) >= 11 is 0. The van der Waals surface area contributed by atoms with Gasteiger partial charge in [0.1, 0.15) is 12.4 Å². The Balaban J connectivity index is 1.51. The number of rotatable bonds is 17. The Morgan fingerprint density at radius 1 is 0.750 bits per heavy atom. The van der Waals surface area contributed by atoms with Crippen LogP contribution in [0.4, 0.5) is 0 Å². The third-order valence-corrected chi connectivity index (χ3v) is 5.74. The summed E-state index contributed by atoms with van der Waals surface area (Å²) in [5.74, 6) is 1.05. The third kappa shape index (κ3) is 8.34. The average molecular weight is 387 g/mol. The highest BCUT2D eigenvalue weighted by molar-refractivity contribution is 5.75.